The molecule has 0 aliphatic carbocycles. The smallest absolute Gasteiger partial charge is 0.253 e. The zero-order valence-corrected chi connectivity index (χ0v) is 18.1. The van der Waals surface area contributed by atoms with Gasteiger partial charge in [-0.1, -0.05) is 24.3 Å². The molecule has 7 nitrogen and oxygen atoms in total. The lowest BCUT2D eigenvalue weighted by Crippen LogP contribution is -2.37. The molecule has 0 radical (unpaired) electrons. The Balaban J connectivity index is 1.85. The molecule has 2 aromatic carbocycles. The van der Waals surface area contributed by atoms with Crippen molar-refractivity contribution in [3.05, 3.63) is 65.2 Å². The molecule has 2 aromatic rings. The zero-order valence-electron chi connectivity index (χ0n) is 17.3. The van der Waals surface area contributed by atoms with Gasteiger partial charge >= 0.3 is 0 Å². The molecule has 0 fully saturated rings. The predicted octanol–water partition coefficient (Wildman–Crippen LogP) is 1.70. The molecule has 0 saturated carbocycles. The Morgan fingerprint density at radius 1 is 1.03 bits per heavy atom. The second-order valence-corrected chi connectivity index (χ2v) is 8.93. The summed E-state index contributed by atoms with van der Waals surface area (Å²) in [5, 5.41) is 6.45. The summed E-state index contributed by atoms with van der Waals surface area (Å²) < 4.78 is 23.0. The summed E-state index contributed by atoms with van der Waals surface area (Å²) in [6.45, 7) is 1.18. The first-order valence-electron chi connectivity index (χ1n) is 9.25. The Bertz CT molecular complexity index is 968. The van der Waals surface area contributed by atoms with E-state index in [4.69, 9.17) is 0 Å². The standard InChI is InChI=1S/C21H28N4O3S/c1-22-21(24-15-17-8-10-19(11-9-17)29(4,27)28)23-13-12-16-6-5-7-18(14-16)20(26)25(2)3/h5-11,14H,12-13,15H2,1-4H3,(H2,22,23,24). The van der Waals surface area contributed by atoms with Gasteiger partial charge in [0.2, 0.25) is 0 Å². The number of nitrogens with zero attached hydrogens (tertiary/aromatic N) is 2. The molecule has 0 heterocycles. The lowest BCUT2D eigenvalue weighted by atomic mass is 10.1. The largest absolute Gasteiger partial charge is 0.356 e. The Kier molecular flexibility index (Phi) is 7.78. The number of nitrogens with one attached hydrogen (secondary N) is 2. The lowest BCUT2D eigenvalue weighted by Gasteiger charge is -2.13. The molecule has 0 spiro atoms. The molecular formula is C21H28N4O3S. The van der Waals surface area contributed by atoms with E-state index in [1.807, 2.05) is 24.3 Å². The number of hydrogen-bond donors (Lipinski definition) is 2. The summed E-state index contributed by atoms with van der Waals surface area (Å²) in [6.07, 6.45) is 1.94. The van der Waals surface area contributed by atoms with Gasteiger partial charge in [0.25, 0.3) is 5.91 Å². The maximum absolute atomic E-state index is 12.1. The Labute approximate surface area is 172 Å². The fraction of sp³-hybridized carbons (Fsp3) is 0.333. The van der Waals surface area contributed by atoms with E-state index in [0.29, 0.717) is 29.5 Å². The van der Waals surface area contributed by atoms with E-state index in [1.165, 1.54) is 6.26 Å². The van der Waals surface area contributed by atoms with Gasteiger partial charge in [-0.2, -0.15) is 0 Å². The van der Waals surface area contributed by atoms with E-state index >= 15 is 0 Å². The van der Waals surface area contributed by atoms with E-state index < -0.39 is 9.84 Å². The molecule has 0 saturated heterocycles. The van der Waals surface area contributed by atoms with Crippen molar-refractivity contribution >= 4 is 21.7 Å². The minimum absolute atomic E-state index is 0.0147. The highest BCUT2D eigenvalue weighted by molar-refractivity contribution is 7.90. The molecule has 0 bridgehead atoms. The van der Waals surface area contributed by atoms with Crippen LogP contribution in [0.2, 0.25) is 0 Å². The zero-order chi connectivity index (χ0) is 21.4. The van der Waals surface area contributed by atoms with Crippen LogP contribution in [0.4, 0.5) is 0 Å². The Morgan fingerprint density at radius 3 is 2.31 bits per heavy atom. The minimum Gasteiger partial charge on any atom is -0.356 e. The van der Waals surface area contributed by atoms with Crippen LogP contribution in [0.5, 0.6) is 0 Å². The highest BCUT2D eigenvalue weighted by Crippen LogP contribution is 2.10. The number of benzene rings is 2. The van der Waals surface area contributed by atoms with Gasteiger partial charge in [-0.3, -0.25) is 9.79 Å². The molecule has 0 aliphatic rings. The fourth-order valence-corrected chi connectivity index (χ4v) is 3.33. The van der Waals surface area contributed by atoms with Crippen LogP contribution in [-0.4, -0.2) is 59.1 Å². The molecule has 8 heteroatoms. The normalized spacial score (nSPS) is 11.8. The summed E-state index contributed by atoms with van der Waals surface area (Å²) >= 11 is 0. The average molecular weight is 417 g/mol. The van der Waals surface area contributed by atoms with Gasteiger partial charge in [0, 0.05) is 46.1 Å². The number of aliphatic imine (C=N–C) groups is 1. The molecular weight excluding hydrogens is 388 g/mol. The quantitative estimate of drug-likeness (QED) is 0.530. The summed E-state index contributed by atoms with van der Waals surface area (Å²) in [5.74, 6) is 0.636. The monoisotopic (exact) mass is 416 g/mol. The molecule has 156 valence electrons. The van der Waals surface area contributed by atoms with Gasteiger partial charge in [0.15, 0.2) is 15.8 Å². The highest BCUT2D eigenvalue weighted by atomic mass is 32.2. The van der Waals surface area contributed by atoms with Crippen LogP contribution in [0.15, 0.2) is 58.4 Å². The second-order valence-electron chi connectivity index (χ2n) is 6.92. The van der Waals surface area contributed by atoms with Crippen molar-refractivity contribution in [3.8, 4) is 0 Å². The van der Waals surface area contributed by atoms with E-state index in [0.717, 1.165) is 17.5 Å². The van der Waals surface area contributed by atoms with Crippen LogP contribution in [-0.2, 0) is 22.8 Å². The van der Waals surface area contributed by atoms with E-state index in [-0.39, 0.29) is 5.91 Å². The lowest BCUT2D eigenvalue weighted by molar-refractivity contribution is 0.0827. The number of guanidine groups is 1. The maximum atomic E-state index is 12.1. The topological polar surface area (TPSA) is 90.9 Å². The van der Waals surface area contributed by atoms with E-state index in [9.17, 15) is 13.2 Å². The van der Waals surface area contributed by atoms with Crippen molar-refractivity contribution in [2.75, 3.05) is 33.9 Å². The number of rotatable bonds is 7. The van der Waals surface area contributed by atoms with Gasteiger partial charge < -0.3 is 15.5 Å². The molecule has 2 rings (SSSR count). The molecule has 0 aromatic heterocycles. The molecule has 2 N–H and O–H groups in total. The average Bonchev–Trinajstić information content (AvgIpc) is 2.69. The molecule has 1 amide bonds. The molecule has 0 atom stereocenters. The van der Waals surface area contributed by atoms with Crippen molar-refractivity contribution in [3.63, 3.8) is 0 Å². The maximum Gasteiger partial charge on any atom is 0.253 e. The number of hydrogen-bond acceptors (Lipinski definition) is 4. The summed E-state index contributed by atoms with van der Waals surface area (Å²) in [5.41, 5.74) is 2.69. The van der Waals surface area contributed by atoms with Gasteiger partial charge in [-0.15, -0.1) is 0 Å². The SMILES string of the molecule is CN=C(NCCc1cccc(C(=O)N(C)C)c1)NCc1ccc(S(C)(=O)=O)cc1. The number of carbonyl (C=O) groups is 1. The van der Waals surface area contributed by atoms with Crippen LogP contribution >= 0.6 is 0 Å². The number of sulfone groups is 1. The summed E-state index contributed by atoms with van der Waals surface area (Å²) in [6, 6.07) is 14.4. The van der Waals surface area contributed by atoms with Crippen LogP contribution in [0.1, 0.15) is 21.5 Å². The molecule has 0 aliphatic heterocycles. The third-order valence-corrected chi connectivity index (χ3v) is 5.45. The summed E-state index contributed by atoms with van der Waals surface area (Å²) in [7, 11) is 1.98. The molecule has 29 heavy (non-hydrogen) atoms. The van der Waals surface area contributed by atoms with Crippen LogP contribution in [0.3, 0.4) is 0 Å². The first-order valence-corrected chi connectivity index (χ1v) is 11.1. The fourth-order valence-electron chi connectivity index (χ4n) is 2.70. The number of amides is 1. The van der Waals surface area contributed by atoms with E-state index in [1.54, 1.807) is 50.3 Å². The first kappa shape index (κ1) is 22.4. The third-order valence-electron chi connectivity index (χ3n) is 4.32. The number of carbonyl (C=O) groups excluding carboxylic acids is 1. The third kappa shape index (κ3) is 6.90. The van der Waals surface area contributed by atoms with Gasteiger partial charge in [-0.05, 0) is 41.8 Å². The Hall–Kier alpha value is -2.87. The Morgan fingerprint density at radius 2 is 1.72 bits per heavy atom. The highest BCUT2D eigenvalue weighted by Gasteiger charge is 2.09. The van der Waals surface area contributed by atoms with E-state index in [2.05, 4.69) is 15.6 Å². The van der Waals surface area contributed by atoms with Crippen molar-refractivity contribution in [2.45, 2.75) is 17.9 Å². The first-order chi connectivity index (χ1) is 13.7. The van der Waals surface area contributed by atoms with Crippen molar-refractivity contribution in [1.82, 2.24) is 15.5 Å². The minimum atomic E-state index is -3.19. The van der Waals surface area contributed by atoms with Crippen LogP contribution in [0, 0.1) is 0 Å². The van der Waals surface area contributed by atoms with Crippen molar-refractivity contribution in [1.29, 1.82) is 0 Å². The van der Waals surface area contributed by atoms with Gasteiger partial charge in [0.05, 0.1) is 4.90 Å². The predicted molar refractivity (Wildman–Crippen MR) is 116 cm³/mol. The van der Waals surface area contributed by atoms with Crippen molar-refractivity contribution in [2.24, 2.45) is 4.99 Å². The van der Waals surface area contributed by atoms with Crippen LogP contribution < -0.4 is 10.6 Å². The molecule has 0 unspecified atom stereocenters. The van der Waals surface area contributed by atoms with Crippen molar-refractivity contribution < 1.29 is 13.2 Å². The summed E-state index contributed by atoms with van der Waals surface area (Å²) in [4.78, 5) is 18.1. The van der Waals surface area contributed by atoms with Gasteiger partial charge in [-0.25, -0.2) is 8.42 Å². The van der Waals surface area contributed by atoms with Gasteiger partial charge in [0.1, 0.15) is 0 Å². The second kappa shape index (κ2) is 10.1. The van der Waals surface area contributed by atoms with Crippen LogP contribution in [0.25, 0.3) is 0 Å².